The molecule has 2 rings (SSSR count). The summed E-state index contributed by atoms with van der Waals surface area (Å²) in [4.78, 5) is 44.7. The molecule has 2 aromatic rings. The number of sulfone groups is 1. The maximum Gasteiger partial charge on any atom is 0.338 e. The van der Waals surface area contributed by atoms with Crippen molar-refractivity contribution in [3.63, 3.8) is 0 Å². The van der Waals surface area contributed by atoms with E-state index in [1.807, 2.05) is 5.32 Å². The van der Waals surface area contributed by atoms with E-state index in [9.17, 15) is 32.9 Å². The number of imide groups is 1. The molecule has 29 heavy (non-hydrogen) atoms. The molecule has 0 aliphatic heterocycles. The van der Waals surface area contributed by atoms with Crippen molar-refractivity contribution in [2.75, 3.05) is 12.9 Å². The molecule has 2 N–H and O–H groups in total. The first-order chi connectivity index (χ1) is 13.6. The van der Waals surface area contributed by atoms with Gasteiger partial charge in [-0.1, -0.05) is 0 Å². The molecule has 1 heterocycles. The molecule has 0 atom stereocenters. The molecule has 1 aromatic heterocycles. The maximum atomic E-state index is 12.0. The quantitative estimate of drug-likeness (QED) is 0.369. The lowest BCUT2D eigenvalue weighted by Gasteiger charge is -2.07. The first-order valence-corrected chi connectivity index (χ1v) is 9.72. The number of hydrogen-bond donors (Lipinski definition) is 2. The predicted molar refractivity (Wildman–Crippen MR) is 95.6 cm³/mol. The molecule has 1 aromatic carbocycles. The summed E-state index contributed by atoms with van der Waals surface area (Å²) in [6.07, 6.45) is 2.20. The number of benzene rings is 1. The first-order valence-electron chi connectivity index (χ1n) is 7.83. The molecule has 0 unspecified atom stereocenters. The van der Waals surface area contributed by atoms with Crippen LogP contribution in [0.4, 0.5) is 10.5 Å². The lowest BCUT2D eigenvalue weighted by Crippen LogP contribution is -2.41. The number of nitrogens with one attached hydrogen (secondary N) is 2. The second-order valence-corrected chi connectivity index (χ2v) is 7.58. The van der Waals surface area contributed by atoms with Gasteiger partial charge < -0.3 is 14.5 Å². The Morgan fingerprint density at radius 2 is 1.97 bits per heavy atom. The van der Waals surface area contributed by atoms with Gasteiger partial charge in [0.25, 0.3) is 11.6 Å². The van der Waals surface area contributed by atoms with Crippen molar-refractivity contribution in [1.29, 1.82) is 0 Å². The Hall–Kier alpha value is -3.74. The lowest BCUT2D eigenvalue weighted by atomic mass is 10.2. The number of nitro benzene ring substituents is 1. The zero-order chi connectivity index (χ0) is 21.6. The molecule has 154 valence electrons. The van der Waals surface area contributed by atoms with Crippen LogP contribution >= 0.6 is 0 Å². The summed E-state index contributed by atoms with van der Waals surface area (Å²) in [5.41, 5.74) is -1.14. The molecule has 0 spiro atoms. The van der Waals surface area contributed by atoms with Crippen LogP contribution in [0.2, 0.25) is 0 Å². The minimum Gasteiger partial charge on any atom is -0.467 e. The molecule has 0 saturated carbocycles. The Morgan fingerprint density at radius 3 is 2.55 bits per heavy atom. The predicted octanol–water partition coefficient (Wildman–Crippen LogP) is 0.774. The van der Waals surface area contributed by atoms with Crippen molar-refractivity contribution in [3.05, 3.63) is 58.0 Å². The molecule has 0 fully saturated rings. The van der Waals surface area contributed by atoms with Gasteiger partial charge in [-0.05, 0) is 24.3 Å². The third kappa shape index (κ3) is 6.14. The van der Waals surface area contributed by atoms with E-state index in [2.05, 4.69) is 10.1 Å². The molecule has 0 radical (unpaired) electrons. The summed E-state index contributed by atoms with van der Waals surface area (Å²) < 4.78 is 32.8. The van der Waals surface area contributed by atoms with Gasteiger partial charge >= 0.3 is 12.0 Å². The van der Waals surface area contributed by atoms with Gasteiger partial charge in [-0.25, -0.2) is 18.0 Å². The molecule has 0 bridgehead atoms. The standard InChI is InChI=1S/C16H15N3O9S/c1-29(25,26)13-5-4-10(7-12(13)19(23)24)15(21)28-9-14(20)18-16(22)17-8-11-3-2-6-27-11/h2-7H,8-9H2,1H3,(H2,17,18,20,22). The molecule has 12 nitrogen and oxygen atoms in total. The summed E-state index contributed by atoms with van der Waals surface area (Å²) in [5, 5.41) is 15.3. The highest BCUT2D eigenvalue weighted by atomic mass is 32.2. The number of esters is 1. The zero-order valence-corrected chi connectivity index (χ0v) is 15.7. The normalized spacial score (nSPS) is 10.8. The van der Waals surface area contributed by atoms with Crippen LogP contribution in [0.3, 0.4) is 0 Å². The Kier molecular flexibility index (Phi) is 6.67. The monoisotopic (exact) mass is 425 g/mol. The topological polar surface area (TPSA) is 175 Å². The summed E-state index contributed by atoms with van der Waals surface area (Å²) in [6, 6.07) is 5.01. The summed E-state index contributed by atoms with van der Waals surface area (Å²) in [6.45, 7) is -0.809. The minimum atomic E-state index is -3.89. The second-order valence-electron chi connectivity index (χ2n) is 5.60. The van der Waals surface area contributed by atoms with Gasteiger partial charge in [0.05, 0.1) is 23.3 Å². The van der Waals surface area contributed by atoms with E-state index < -0.39 is 49.9 Å². The van der Waals surface area contributed by atoms with Crippen molar-refractivity contribution >= 4 is 33.4 Å². The van der Waals surface area contributed by atoms with Crippen molar-refractivity contribution in [3.8, 4) is 0 Å². The fraction of sp³-hybridized carbons (Fsp3) is 0.188. The number of urea groups is 1. The number of furan rings is 1. The largest absolute Gasteiger partial charge is 0.467 e. The second kappa shape index (κ2) is 8.97. The van der Waals surface area contributed by atoms with Crippen molar-refractivity contribution < 1.29 is 36.9 Å². The smallest absolute Gasteiger partial charge is 0.338 e. The van der Waals surface area contributed by atoms with E-state index in [1.165, 1.54) is 6.26 Å². The van der Waals surface area contributed by atoms with Gasteiger partial charge in [-0.3, -0.25) is 20.2 Å². The third-order valence-corrected chi connectivity index (χ3v) is 4.53. The molecule has 0 aliphatic rings. The van der Waals surface area contributed by atoms with Gasteiger partial charge in [0.2, 0.25) is 0 Å². The average Bonchev–Trinajstić information content (AvgIpc) is 3.16. The number of carbonyl (C=O) groups excluding carboxylic acids is 3. The highest BCUT2D eigenvalue weighted by Crippen LogP contribution is 2.25. The van der Waals surface area contributed by atoms with Crippen LogP contribution in [0.1, 0.15) is 16.1 Å². The molecular weight excluding hydrogens is 410 g/mol. The number of hydrogen-bond acceptors (Lipinski definition) is 9. The number of nitro groups is 1. The van der Waals surface area contributed by atoms with Gasteiger partial charge in [-0.2, -0.15) is 0 Å². The summed E-state index contributed by atoms with van der Waals surface area (Å²) in [7, 11) is -3.89. The van der Waals surface area contributed by atoms with Crippen molar-refractivity contribution in [1.82, 2.24) is 10.6 Å². The molecule has 3 amide bonds. The van der Waals surface area contributed by atoms with Crippen LogP contribution in [-0.2, 0) is 25.9 Å². The van der Waals surface area contributed by atoms with Crippen LogP contribution in [0, 0.1) is 10.1 Å². The van der Waals surface area contributed by atoms with E-state index in [-0.39, 0.29) is 12.1 Å². The number of ether oxygens (including phenoxy) is 1. The number of rotatable bonds is 7. The van der Waals surface area contributed by atoms with E-state index in [4.69, 9.17) is 4.42 Å². The molecule has 0 saturated heterocycles. The summed E-state index contributed by atoms with van der Waals surface area (Å²) >= 11 is 0. The van der Waals surface area contributed by atoms with Crippen LogP contribution in [0.25, 0.3) is 0 Å². The SMILES string of the molecule is CS(=O)(=O)c1ccc(C(=O)OCC(=O)NC(=O)NCc2ccco2)cc1[N+](=O)[O-]. The maximum absolute atomic E-state index is 12.0. The number of amides is 3. The Bertz CT molecular complexity index is 1050. The van der Waals surface area contributed by atoms with E-state index >= 15 is 0 Å². The lowest BCUT2D eigenvalue weighted by molar-refractivity contribution is -0.387. The molecule has 0 aliphatic carbocycles. The highest BCUT2D eigenvalue weighted by Gasteiger charge is 2.24. The van der Waals surface area contributed by atoms with Crippen LogP contribution in [-0.4, -0.2) is 44.1 Å². The Morgan fingerprint density at radius 1 is 1.24 bits per heavy atom. The molecule has 13 heteroatoms. The average molecular weight is 425 g/mol. The van der Waals surface area contributed by atoms with Gasteiger partial charge in [0.1, 0.15) is 10.7 Å². The minimum absolute atomic E-state index is 0.0300. The zero-order valence-electron chi connectivity index (χ0n) is 14.9. The third-order valence-electron chi connectivity index (χ3n) is 3.38. The highest BCUT2D eigenvalue weighted by molar-refractivity contribution is 7.90. The van der Waals surface area contributed by atoms with Gasteiger partial charge in [0.15, 0.2) is 16.4 Å². The van der Waals surface area contributed by atoms with Gasteiger partial charge in [0, 0.05) is 12.3 Å². The van der Waals surface area contributed by atoms with Crippen molar-refractivity contribution in [2.45, 2.75) is 11.4 Å². The van der Waals surface area contributed by atoms with E-state index in [0.717, 1.165) is 24.5 Å². The van der Waals surface area contributed by atoms with Crippen molar-refractivity contribution in [2.24, 2.45) is 0 Å². The van der Waals surface area contributed by atoms with Crippen LogP contribution in [0.15, 0.2) is 45.9 Å². The first kappa shape index (κ1) is 21.6. The fourth-order valence-electron chi connectivity index (χ4n) is 2.10. The Labute approximate surface area is 163 Å². The van der Waals surface area contributed by atoms with Gasteiger partial charge in [-0.15, -0.1) is 0 Å². The fourth-order valence-corrected chi connectivity index (χ4v) is 2.93. The number of nitrogens with zero attached hydrogens (tertiary/aromatic N) is 1. The van der Waals surface area contributed by atoms with E-state index in [1.54, 1.807) is 12.1 Å². The Balaban J connectivity index is 1.92. The van der Waals surface area contributed by atoms with E-state index in [0.29, 0.717) is 5.76 Å². The van der Waals surface area contributed by atoms with Crippen LogP contribution in [0.5, 0.6) is 0 Å². The summed E-state index contributed by atoms with van der Waals surface area (Å²) in [5.74, 6) is -1.60. The van der Waals surface area contributed by atoms with Crippen LogP contribution < -0.4 is 10.6 Å². The molecular formula is C16H15N3O9S. The number of carbonyl (C=O) groups is 3.